The monoisotopic (exact) mass is 317 g/mol. The van der Waals surface area contributed by atoms with Crippen LogP contribution in [-0.4, -0.2) is 21.5 Å². The third kappa shape index (κ3) is 5.17. The van der Waals surface area contributed by atoms with Crippen molar-refractivity contribution in [3.8, 4) is 0 Å². The molecule has 1 aromatic carbocycles. The highest BCUT2D eigenvalue weighted by Gasteiger charge is 2.36. The van der Waals surface area contributed by atoms with Crippen LogP contribution < -0.4 is 5.32 Å². The third-order valence-corrected chi connectivity index (χ3v) is 8.69. The van der Waals surface area contributed by atoms with E-state index in [9.17, 15) is 4.39 Å². The predicted molar refractivity (Wildman–Crippen MR) is 86.3 cm³/mol. The second-order valence-corrected chi connectivity index (χ2v) is 11.8. The standard InChI is InChI=1S/C15H25ClFNOSi/c1-15(2,3)20(4,5)19-9-8-18-11-12-6-7-14(17)13(16)10-12/h6-7,10,18H,8-9,11H2,1-5H3. The summed E-state index contributed by atoms with van der Waals surface area (Å²) in [5.41, 5.74) is 0.976. The van der Waals surface area contributed by atoms with Gasteiger partial charge in [0.25, 0.3) is 0 Å². The van der Waals surface area contributed by atoms with Gasteiger partial charge in [0.1, 0.15) is 5.82 Å². The second-order valence-electron chi connectivity index (χ2n) is 6.53. The molecule has 114 valence electrons. The Bertz CT molecular complexity index is 446. The fourth-order valence-electron chi connectivity index (χ4n) is 1.48. The van der Waals surface area contributed by atoms with Crippen molar-refractivity contribution in [1.82, 2.24) is 5.32 Å². The van der Waals surface area contributed by atoms with E-state index in [1.165, 1.54) is 6.07 Å². The molecule has 1 rings (SSSR count). The van der Waals surface area contributed by atoms with Crippen molar-refractivity contribution in [3.63, 3.8) is 0 Å². The smallest absolute Gasteiger partial charge is 0.192 e. The van der Waals surface area contributed by atoms with Gasteiger partial charge < -0.3 is 9.74 Å². The Balaban J connectivity index is 2.30. The predicted octanol–water partition coefficient (Wildman–Crippen LogP) is 4.59. The van der Waals surface area contributed by atoms with Crippen molar-refractivity contribution in [2.24, 2.45) is 0 Å². The Labute approximate surface area is 127 Å². The fourth-order valence-corrected chi connectivity index (χ4v) is 2.73. The molecule has 0 heterocycles. The number of halogens is 2. The summed E-state index contributed by atoms with van der Waals surface area (Å²) in [6.07, 6.45) is 0. The van der Waals surface area contributed by atoms with Crippen LogP contribution in [0.25, 0.3) is 0 Å². The van der Waals surface area contributed by atoms with E-state index in [4.69, 9.17) is 16.0 Å². The maximum absolute atomic E-state index is 13.0. The molecule has 0 aromatic heterocycles. The quantitative estimate of drug-likeness (QED) is 0.612. The van der Waals surface area contributed by atoms with Gasteiger partial charge in [0.05, 0.1) is 5.02 Å². The number of nitrogens with one attached hydrogen (secondary N) is 1. The summed E-state index contributed by atoms with van der Waals surface area (Å²) in [6, 6.07) is 4.78. The minimum absolute atomic E-state index is 0.168. The van der Waals surface area contributed by atoms with Crippen molar-refractivity contribution >= 4 is 19.9 Å². The third-order valence-electron chi connectivity index (χ3n) is 3.86. The SMILES string of the molecule is CC(C)(C)[Si](C)(C)OCCNCc1ccc(F)c(Cl)c1. The molecule has 0 aliphatic carbocycles. The molecule has 20 heavy (non-hydrogen) atoms. The zero-order valence-corrected chi connectivity index (χ0v) is 14.8. The van der Waals surface area contributed by atoms with E-state index in [1.807, 2.05) is 0 Å². The molecule has 0 unspecified atom stereocenters. The van der Waals surface area contributed by atoms with Crippen molar-refractivity contribution in [1.29, 1.82) is 0 Å². The number of hydrogen-bond donors (Lipinski definition) is 1. The molecule has 0 spiro atoms. The Hall–Kier alpha value is -0.423. The van der Waals surface area contributed by atoms with Crippen molar-refractivity contribution in [2.45, 2.75) is 45.4 Å². The van der Waals surface area contributed by atoms with E-state index in [1.54, 1.807) is 12.1 Å². The number of hydrogen-bond acceptors (Lipinski definition) is 2. The van der Waals surface area contributed by atoms with Crippen LogP contribution in [0.2, 0.25) is 23.2 Å². The van der Waals surface area contributed by atoms with Gasteiger partial charge in [-0.25, -0.2) is 4.39 Å². The lowest BCUT2D eigenvalue weighted by Gasteiger charge is -2.36. The van der Waals surface area contributed by atoms with E-state index in [0.717, 1.165) is 12.1 Å². The molecule has 2 nitrogen and oxygen atoms in total. The maximum atomic E-state index is 13.0. The van der Waals surface area contributed by atoms with Crippen LogP contribution in [0, 0.1) is 5.82 Å². The summed E-state index contributed by atoms with van der Waals surface area (Å²) in [7, 11) is -1.66. The number of benzene rings is 1. The average molecular weight is 318 g/mol. The molecule has 0 saturated heterocycles. The van der Waals surface area contributed by atoms with E-state index >= 15 is 0 Å². The normalized spacial score (nSPS) is 12.8. The molecule has 0 fully saturated rings. The summed E-state index contributed by atoms with van der Waals surface area (Å²) in [5, 5.41) is 3.69. The molecule has 0 saturated carbocycles. The van der Waals surface area contributed by atoms with E-state index in [0.29, 0.717) is 13.2 Å². The molecular weight excluding hydrogens is 293 g/mol. The summed E-state index contributed by atoms with van der Waals surface area (Å²) in [5.74, 6) is -0.378. The van der Waals surface area contributed by atoms with Gasteiger partial charge in [-0.1, -0.05) is 38.4 Å². The fraction of sp³-hybridized carbons (Fsp3) is 0.600. The van der Waals surface area contributed by atoms with Crippen LogP contribution in [-0.2, 0) is 11.0 Å². The topological polar surface area (TPSA) is 21.3 Å². The van der Waals surface area contributed by atoms with Crippen molar-refractivity contribution in [3.05, 3.63) is 34.6 Å². The highest BCUT2D eigenvalue weighted by molar-refractivity contribution is 6.74. The Morgan fingerprint density at radius 2 is 1.95 bits per heavy atom. The minimum Gasteiger partial charge on any atom is -0.416 e. The van der Waals surface area contributed by atoms with Gasteiger partial charge in [0, 0.05) is 19.7 Å². The lowest BCUT2D eigenvalue weighted by molar-refractivity contribution is 0.285. The molecule has 0 radical (unpaired) electrons. The Morgan fingerprint density at radius 3 is 2.50 bits per heavy atom. The molecule has 0 aliphatic rings. The second kappa shape index (κ2) is 7.03. The molecular formula is C15H25ClFNOSi. The van der Waals surface area contributed by atoms with Gasteiger partial charge >= 0.3 is 0 Å². The molecule has 5 heteroatoms. The first-order valence-corrected chi connectivity index (χ1v) is 10.2. The van der Waals surface area contributed by atoms with E-state index < -0.39 is 8.32 Å². The maximum Gasteiger partial charge on any atom is 0.192 e. The van der Waals surface area contributed by atoms with E-state index in [2.05, 4.69) is 39.2 Å². The molecule has 0 aliphatic heterocycles. The molecule has 1 aromatic rings. The Kier molecular flexibility index (Phi) is 6.19. The highest BCUT2D eigenvalue weighted by Crippen LogP contribution is 2.36. The zero-order chi connectivity index (χ0) is 15.4. The lowest BCUT2D eigenvalue weighted by Crippen LogP contribution is -2.42. The van der Waals surface area contributed by atoms with Crippen LogP contribution in [0.3, 0.4) is 0 Å². The lowest BCUT2D eigenvalue weighted by atomic mass is 10.2. The zero-order valence-electron chi connectivity index (χ0n) is 13.0. The van der Waals surface area contributed by atoms with E-state index in [-0.39, 0.29) is 15.9 Å². The number of rotatable bonds is 6. The van der Waals surface area contributed by atoms with Crippen LogP contribution in [0.1, 0.15) is 26.3 Å². The van der Waals surface area contributed by atoms with Gasteiger partial charge in [0.2, 0.25) is 0 Å². The minimum atomic E-state index is -1.66. The first-order valence-electron chi connectivity index (χ1n) is 6.92. The van der Waals surface area contributed by atoms with Crippen LogP contribution in [0.4, 0.5) is 4.39 Å². The van der Waals surface area contributed by atoms with Gasteiger partial charge in [-0.05, 0) is 35.8 Å². The first kappa shape index (κ1) is 17.6. The molecule has 0 bridgehead atoms. The van der Waals surface area contributed by atoms with Crippen LogP contribution >= 0.6 is 11.6 Å². The molecule has 1 N–H and O–H groups in total. The Morgan fingerprint density at radius 1 is 1.30 bits per heavy atom. The average Bonchev–Trinajstić information content (AvgIpc) is 2.31. The summed E-state index contributed by atoms with van der Waals surface area (Å²) < 4.78 is 19.1. The van der Waals surface area contributed by atoms with Crippen molar-refractivity contribution < 1.29 is 8.82 Å². The first-order chi connectivity index (χ1) is 9.13. The summed E-state index contributed by atoms with van der Waals surface area (Å²) in [4.78, 5) is 0. The summed E-state index contributed by atoms with van der Waals surface area (Å²) in [6.45, 7) is 13.3. The van der Waals surface area contributed by atoms with Gasteiger partial charge in [-0.15, -0.1) is 0 Å². The van der Waals surface area contributed by atoms with Crippen LogP contribution in [0.5, 0.6) is 0 Å². The molecule has 0 atom stereocenters. The van der Waals surface area contributed by atoms with Crippen LogP contribution in [0.15, 0.2) is 18.2 Å². The van der Waals surface area contributed by atoms with Crippen molar-refractivity contribution in [2.75, 3.05) is 13.2 Å². The molecule has 0 amide bonds. The largest absolute Gasteiger partial charge is 0.416 e. The van der Waals surface area contributed by atoms with Gasteiger partial charge in [0.15, 0.2) is 8.32 Å². The highest BCUT2D eigenvalue weighted by atomic mass is 35.5. The van der Waals surface area contributed by atoms with Gasteiger partial charge in [-0.3, -0.25) is 0 Å². The summed E-state index contributed by atoms with van der Waals surface area (Å²) >= 11 is 5.74. The van der Waals surface area contributed by atoms with Gasteiger partial charge in [-0.2, -0.15) is 0 Å².